The highest BCUT2D eigenvalue weighted by atomic mass is 35.5. The molecule has 98 valence electrons. The van der Waals surface area contributed by atoms with Crippen LogP contribution in [-0.2, 0) is 9.53 Å². The van der Waals surface area contributed by atoms with E-state index in [0.717, 1.165) is 12.8 Å². The minimum Gasteiger partial charge on any atom is -0.465 e. The summed E-state index contributed by atoms with van der Waals surface area (Å²) in [5.41, 5.74) is 2.58. The van der Waals surface area contributed by atoms with Crippen LogP contribution in [0.1, 0.15) is 39.0 Å². The summed E-state index contributed by atoms with van der Waals surface area (Å²) in [7, 11) is 0. The van der Waals surface area contributed by atoms with Crippen molar-refractivity contribution < 1.29 is 9.53 Å². The van der Waals surface area contributed by atoms with Gasteiger partial charge in [-0.05, 0) is 25.7 Å². The molecule has 1 aliphatic carbocycles. The Balaban J connectivity index is 0. The Labute approximate surface area is 109 Å². The molecule has 3 N–H and O–H groups in total. The third kappa shape index (κ3) is 5.34. The first-order chi connectivity index (χ1) is 6.79. The van der Waals surface area contributed by atoms with Crippen LogP contribution in [-0.4, -0.2) is 18.6 Å². The van der Waals surface area contributed by atoms with Crippen LogP contribution >= 0.6 is 24.8 Å². The largest absolute Gasteiger partial charge is 0.465 e. The molecule has 0 aromatic carbocycles. The Hall–Kier alpha value is -0.0300. The topological polar surface area (TPSA) is 64.3 Å². The molecule has 0 bridgehead atoms. The summed E-state index contributed by atoms with van der Waals surface area (Å²) in [6.07, 6.45) is 5.82. The fourth-order valence-corrected chi connectivity index (χ4v) is 2.10. The summed E-state index contributed by atoms with van der Waals surface area (Å²) in [5, 5.41) is 0. The van der Waals surface area contributed by atoms with Gasteiger partial charge in [0.25, 0.3) is 0 Å². The maximum atomic E-state index is 11.5. The van der Waals surface area contributed by atoms with Gasteiger partial charge >= 0.3 is 5.97 Å². The van der Waals surface area contributed by atoms with Crippen LogP contribution in [0.15, 0.2) is 0 Å². The highest BCUT2D eigenvalue weighted by Crippen LogP contribution is 2.26. The molecule has 16 heavy (non-hydrogen) atoms. The van der Waals surface area contributed by atoms with Gasteiger partial charge < -0.3 is 4.74 Å². The van der Waals surface area contributed by atoms with Crippen molar-refractivity contribution in [3.8, 4) is 0 Å². The number of nitrogens with two attached hydrogens (primary N) is 1. The molecule has 0 radical (unpaired) electrons. The van der Waals surface area contributed by atoms with Crippen LogP contribution in [0.4, 0.5) is 0 Å². The number of ether oxygens (including phenoxy) is 1. The lowest BCUT2D eigenvalue weighted by Crippen LogP contribution is -2.48. The van der Waals surface area contributed by atoms with E-state index in [1.165, 1.54) is 19.3 Å². The van der Waals surface area contributed by atoms with E-state index in [2.05, 4.69) is 5.43 Å². The molecule has 0 saturated heterocycles. The normalized spacial score (nSPS) is 17.9. The number of halogens is 2. The molecule has 1 atom stereocenters. The van der Waals surface area contributed by atoms with Gasteiger partial charge in [-0.15, -0.1) is 24.8 Å². The zero-order chi connectivity index (χ0) is 10.4. The molecule has 0 aromatic heterocycles. The Morgan fingerprint density at radius 3 is 2.38 bits per heavy atom. The quantitative estimate of drug-likeness (QED) is 0.466. The van der Waals surface area contributed by atoms with E-state index in [1.807, 2.05) is 6.92 Å². The van der Waals surface area contributed by atoms with E-state index >= 15 is 0 Å². The van der Waals surface area contributed by atoms with Crippen molar-refractivity contribution in [2.24, 2.45) is 11.8 Å². The smallest absolute Gasteiger partial charge is 0.324 e. The Kier molecular flexibility index (Phi) is 11.6. The van der Waals surface area contributed by atoms with Crippen molar-refractivity contribution in [3.05, 3.63) is 0 Å². The lowest BCUT2D eigenvalue weighted by atomic mass is 9.84. The van der Waals surface area contributed by atoms with Crippen LogP contribution in [0.2, 0.25) is 0 Å². The van der Waals surface area contributed by atoms with Crippen molar-refractivity contribution >= 4 is 30.8 Å². The highest BCUT2D eigenvalue weighted by Gasteiger charge is 2.29. The molecule has 0 amide bonds. The predicted octanol–water partition coefficient (Wildman–Crippen LogP) is 1.81. The van der Waals surface area contributed by atoms with Crippen LogP contribution in [0.25, 0.3) is 0 Å². The van der Waals surface area contributed by atoms with Gasteiger partial charge in [0, 0.05) is 0 Å². The fourth-order valence-electron chi connectivity index (χ4n) is 2.10. The van der Waals surface area contributed by atoms with Crippen molar-refractivity contribution in [1.82, 2.24) is 5.43 Å². The number of hydrogen-bond acceptors (Lipinski definition) is 4. The van der Waals surface area contributed by atoms with Crippen LogP contribution in [0.3, 0.4) is 0 Å². The lowest BCUT2D eigenvalue weighted by Gasteiger charge is -2.27. The number of esters is 1. The molecule has 1 saturated carbocycles. The first-order valence-corrected chi connectivity index (χ1v) is 5.42. The summed E-state index contributed by atoms with van der Waals surface area (Å²) < 4.78 is 4.97. The molecular formula is C10H22Cl2N2O2. The zero-order valence-corrected chi connectivity index (χ0v) is 11.2. The van der Waals surface area contributed by atoms with Gasteiger partial charge in [-0.2, -0.15) is 0 Å². The molecule has 0 aliphatic heterocycles. The summed E-state index contributed by atoms with van der Waals surface area (Å²) in [6.45, 7) is 2.23. The second-order valence-electron chi connectivity index (χ2n) is 3.79. The second-order valence-corrected chi connectivity index (χ2v) is 3.79. The van der Waals surface area contributed by atoms with Gasteiger partial charge in [0.15, 0.2) is 0 Å². The van der Waals surface area contributed by atoms with E-state index in [4.69, 9.17) is 10.6 Å². The molecule has 0 aromatic rings. The van der Waals surface area contributed by atoms with Crippen LogP contribution in [0.5, 0.6) is 0 Å². The molecule has 1 rings (SSSR count). The second kappa shape index (κ2) is 10.1. The monoisotopic (exact) mass is 272 g/mol. The van der Waals surface area contributed by atoms with E-state index in [-0.39, 0.29) is 36.8 Å². The van der Waals surface area contributed by atoms with Gasteiger partial charge in [-0.1, -0.05) is 19.3 Å². The number of hydrazine groups is 1. The molecule has 1 unspecified atom stereocenters. The standard InChI is InChI=1S/C10H20N2O2.2ClH/c1-2-14-10(13)9(12-11)8-6-4-3-5-7-8;;/h8-9,12H,2-7,11H2,1H3;2*1H. The maximum absolute atomic E-state index is 11.5. The van der Waals surface area contributed by atoms with Crippen molar-refractivity contribution in [2.75, 3.05) is 6.61 Å². The van der Waals surface area contributed by atoms with Crippen molar-refractivity contribution in [1.29, 1.82) is 0 Å². The highest BCUT2D eigenvalue weighted by molar-refractivity contribution is 5.85. The lowest BCUT2D eigenvalue weighted by molar-refractivity contribution is -0.147. The van der Waals surface area contributed by atoms with Gasteiger partial charge in [0.2, 0.25) is 0 Å². The number of carbonyl (C=O) groups excluding carboxylic acids is 1. The van der Waals surface area contributed by atoms with Gasteiger partial charge in [0.1, 0.15) is 6.04 Å². The number of carbonyl (C=O) groups is 1. The Morgan fingerprint density at radius 1 is 1.38 bits per heavy atom. The van der Waals surface area contributed by atoms with Crippen LogP contribution < -0.4 is 11.3 Å². The third-order valence-corrected chi connectivity index (χ3v) is 2.84. The van der Waals surface area contributed by atoms with Crippen molar-refractivity contribution in [3.63, 3.8) is 0 Å². The summed E-state index contributed by atoms with van der Waals surface area (Å²) in [5.74, 6) is 5.53. The number of rotatable bonds is 4. The third-order valence-electron chi connectivity index (χ3n) is 2.84. The summed E-state index contributed by atoms with van der Waals surface area (Å²) >= 11 is 0. The number of hydrogen-bond donors (Lipinski definition) is 2. The first kappa shape index (κ1) is 18.3. The SMILES string of the molecule is CCOC(=O)C(NN)C1CCCCC1.Cl.Cl. The van der Waals surface area contributed by atoms with E-state index in [1.54, 1.807) is 0 Å². The predicted molar refractivity (Wildman–Crippen MR) is 68.8 cm³/mol. The van der Waals surface area contributed by atoms with Crippen molar-refractivity contribution in [2.45, 2.75) is 45.1 Å². The molecule has 0 heterocycles. The van der Waals surface area contributed by atoms with E-state index in [9.17, 15) is 4.79 Å². The number of nitrogens with one attached hydrogen (secondary N) is 1. The van der Waals surface area contributed by atoms with Gasteiger partial charge in [-0.25, -0.2) is 5.43 Å². The molecule has 6 heteroatoms. The minimum absolute atomic E-state index is 0. The minimum atomic E-state index is -0.310. The zero-order valence-electron chi connectivity index (χ0n) is 9.61. The molecule has 1 fully saturated rings. The molecular weight excluding hydrogens is 251 g/mol. The fraction of sp³-hybridized carbons (Fsp3) is 0.900. The Bertz CT molecular complexity index is 188. The maximum Gasteiger partial charge on any atom is 0.324 e. The van der Waals surface area contributed by atoms with Gasteiger partial charge in [-0.3, -0.25) is 10.6 Å². The average Bonchev–Trinajstić information content (AvgIpc) is 2.21. The molecule has 0 spiro atoms. The molecule has 1 aliphatic rings. The average molecular weight is 273 g/mol. The summed E-state index contributed by atoms with van der Waals surface area (Å²) in [6, 6.07) is -0.310. The molecule has 4 nitrogen and oxygen atoms in total. The van der Waals surface area contributed by atoms with E-state index in [0.29, 0.717) is 12.5 Å². The first-order valence-electron chi connectivity index (χ1n) is 5.42. The summed E-state index contributed by atoms with van der Waals surface area (Å²) in [4.78, 5) is 11.5. The van der Waals surface area contributed by atoms with Gasteiger partial charge in [0.05, 0.1) is 6.61 Å². The van der Waals surface area contributed by atoms with Crippen LogP contribution in [0, 0.1) is 5.92 Å². The van der Waals surface area contributed by atoms with E-state index < -0.39 is 0 Å². The Morgan fingerprint density at radius 2 is 1.94 bits per heavy atom.